The Morgan fingerprint density at radius 3 is 2.88 bits per heavy atom. The van der Waals surface area contributed by atoms with E-state index in [1.165, 1.54) is 6.20 Å². The van der Waals surface area contributed by atoms with E-state index < -0.39 is 11.8 Å². The number of nitriles is 1. The molecule has 0 unspecified atom stereocenters. The fourth-order valence-electron chi connectivity index (χ4n) is 0.974. The van der Waals surface area contributed by atoms with Crippen molar-refractivity contribution >= 4 is 17.5 Å². The summed E-state index contributed by atoms with van der Waals surface area (Å²) < 4.78 is 0. The lowest BCUT2D eigenvalue weighted by molar-refractivity contribution is -0.136. The second-order valence-electron chi connectivity index (χ2n) is 2.99. The maximum absolute atomic E-state index is 11.3. The van der Waals surface area contributed by atoms with E-state index in [2.05, 4.69) is 15.6 Å². The Labute approximate surface area is 92.3 Å². The number of pyridine rings is 1. The van der Waals surface area contributed by atoms with Crippen LogP contribution in [0.2, 0.25) is 0 Å². The van der Waals surface area contributed by atoms with Gasteiger partial charge in [-0.25, -0.2) is 0 Å². The molecule has 0 saturated carbocycles. The number of anilines is 1. The van der Waals surface area contributed by atoms with Gasteiger partial charge in [-0.1, -0.05) is 0 Å². The minimum Gasteiger partial charge on any atom is -0.335 e. The summed E-state index contributed by atoms with van der Waals surface area (Å²) in [5, 5.41) is 12.8. The first-order chi connectivity index (χ1) is 7.65. The minimum atomic E-state index is -0.843. The van der Waals surface area contributed by atoms with E-state index in [9.17, 15) is 9.59 Å². The normalized spacial score (nSPS) is 9.00. The van der Waals surface area contributed by atoms with E-state index in [0.717, 1.165) is 5.56 Å². The number of aromatic nitrogens is 1. The number of aryl methyl sites for hydroxylation is 1. The summed E-state index contributed by atoms with van der Waals surface area (Å²) in [6.45, 7) is 1.59. The fourth-order valence-corrected chi connectivity index (χ4v) is 0.974. The van der Waals surface area contributed by atoms with Crippen LogP contribution in [0.3, 0.4) is 0 Å². The first kappa shape index (κ1) is 11.7. The van der Waals surface area contributed by atoms with Crippen LogP contribution in [0.25, 0.3) is 0 Å². The second kappa shape index (κ2) is 5.46. The van der Waals surface area contributed by atoms with Gasteiger partial charge in [-0.3, -0.25) is 14.6 Å². The molecule has 0 bridgehead atoms. The van der Waals surface area contributed by atoms with E-state index in [-0.39, 0.29) is 6.54 Å². The van der Waals surface area contributed by atoms with Gasteiger partial charge in [0.2, 0.25) is 0 Å². The van der Waals surface area contributed by atoms with Gasteiger partial charge in [0.1, 0.15) is 6.54 Å². The number of rotatable bonds is 2. The van der Waals surface area contributed by atoms with Gasteiger partial charge < -0.3 is 10.6 Å². The summed E-state index contributed by atoms with van der Waals surface area (Å²) in [5.74, 6) is -1.66. The monoisotopic (exact) mass is 218 g/mol. The van der Waals surface area contributed by atoms with Crippen molar-refractivity contribution in [3.8, 4) is 6.07 Å². The first-order valence-electron chi connectivity index (χ1n) is 4.52. The number of amides is 2. The number of hydrogen-bond donors (Lipinski definition) is 2. The van der Waals surface area contributed by atoms with Gasteiger partial charge in [0.25, 0.3) is 0 Å². The number of nitrogens with zero attached hydrogens (tertiary/aromatic N) is 2. The van der Waals surface area contributed by atoms with Crippen molar-refractivity contribution in [2.75, 3.05) is 11.9 Å². The molecule has 0 aliphatic carbocycles. The zero-order valence-electron chi connectivity index (χ0n) is 8.65. The van der Waals surface area contributed by atoms with Crippen LogP contribution < -0.4 is 10.6 Å². The maximum atomic E-state index is 11.3. The molecule has 1 aromatic rings. The van der Waals surface area contributed by atoms with E-state index in [4.69, 9.17) is 5.26 Å². The van der Waals surface area contributed by atoms with Gasteiger partial charge in [-0.2, -0.15) is 5.26 Å². The third-order valence-corrected chi connectivity index (χ3v) is 1.82. The predicted molar refractivity (Wildman–Crippen MR) is 56.2 cm³/mol. The molecule has 1 rings (SSSR count). The Kier molecular flexibility index (Phi) is 3.98. The molecule has 0 saturated heterocycles. The number of carbonyl (C=O) groups is 2. The predicted octanol–water partition coefficient (Wildman–Crippen LogP) is -0.0317. The molecule has 82 valence electrons. The molecule has 0 radical (unpaired) electrons. The molecule has 0 aliphatic heterocycles. The molecular formula is C10H10N4O2. The highest BCUT2D eigenvalue weighted by Gasteiger charge is 2.13. The lowest BCUT2D eigenvalue weighted by Gasteiger charge is -2.06. The molecule has 0 fully saturated rings. The number of carbonyl (C=O) groups excluding carboxylic acids is 2. The van der Waals surface area contributed by atoms with Crippen molar-refractivity contribution in [1.29, 1.82) is 5.26 Å². The molecule has 0 aromatic carbocycles. The maximum Gasteiger partial charge on any atom is 0.313 e. The summed E-state index contributed by atoms with van der Waals surface area (Å²) in [6, 6.07) is 3.42. The molecule has 2 N–H and O–H groups in total. The minimum absolute atomic E-state index is 0.196. The van der Waals surface area contributed by atoms with Gasteiger partial charge >= 0.3 is 11.8 Å². The van der Waals surface area contributed by atoms with Gasteiger partial charge in [-0.15, -0.1) is 0 Å². The van der Waals surface area contributed by atoms with Crippen molar-refractivity contribution in [1.82, 2.24) is 10.3 Å². The summed E-state index contributed by atoms with van der Waals surface area (Å²) in [7, 11) is 0. The van der Waals surface area contributed by atoms with Crippen LogP contribution in [-0.2, 0) is 9.59 Å². The van der Waals surface area contributed by atoms with Gasteiger partial charge in [-0.05, 0) is 18.6 Å². The van der Waals surface area contributed by atoms with Crippen LogP contribution in [0.1, 0.15) is 5.56 Å². The molecule has 0 atom stereocenters. The summed E-state index contributed by atoms with van der Waals surface area (Å²) in [5.41, 5.74) is 1.27. The molecule has 1 aromatic heterocycles. The average Bonchev–Trinajstić information content (AvgIpc) is 2.28. The van der Waals surface area contributed by atoms with Crippen molar-refractivity contribution in [2.45, 2.75) is 6.92 Å². The molecule has 0 aliphatic rings. The van der Waals surface area contributed by atoms with Crippen molar-refractivity contribution in [2.24, 2.45) is 0 Å². The zero-order chi connectivity index (χ0) is 12.0. The average molecular weight is 218 g/mol. The molecule has 1 heterocycles. The van der Waals surface area contributed by atoms with E-state index in [0.29, 0.717) is 5.69 Å². The van der Waals surface area contributed by atoms with Crippen molar-refractivity contribution in [3.05, 3.63) is 24.0 Å². The standard InChI is InChI=1S/C10H10N4O2/c1-7-2-4-12-6-8(7)14-10(16)9(15)13-5-3-11/h2,4,6H,5H2,1H3,(H,13,15)(H,14,16). The Balaban J connectivity index is 2.62. The smallest absolute Gasteiger partial charge is 0.313 e. The Hall–Kier alpha value is -2.42. The Morgan fingerprint density at radius 2 is 2.25 bits per heavy atom. The largest absolute Gasteiger partial charge is 0.335 e. The SMILES string of the molecule is Cc1ccncc1NC(=O)C(=O)NCC#N. The van der Waals surface area contributed by atoms with Crippen LogP contribution in [0.5, 0.6) is 0 Å². The summed E-state index contributed by atoms with van der Waals surface area (Å²) in [6.07, 6.45) is 3.03. The van der Waals surface area contributed by atoms with Gasteiger partial charge in [0.15, 0.2) is 0 Å². The summed E-state index contributed by atoms with van der Waals surface area (Å²) >= 11 is 0. The molecule has 6 heteroatoms. The van der Waals surface area contributed by atoms with E-state index >= 15 is 0 Å². The van der Waals surface area contributed by atoms with Crippen LogP contribution in [-0.4, -0.2) is 23.3 Å². The highest BCUT2D eigenvalue weighted by Crippen LogP contribution is 2.10. The number of nitrogens with one attached hydrogen (secondary N) is 2. The molecule has 6 nitrogen and oxygen atoms in total. The highest BCUT2D eigenvalue weighted by atomic mass is 16.2. The van der Waals surface area contributed by atoms with Gasteiger partial charge in [0, 0.05) is 6.20 Å². The zero-order valence-corrected chi connectivity index (χ0v) is 8.65. The number of hydrogen-bond acceptors (Lipinski definition) is 4. The lowest BCUT2D eigenvalue weighted by atomic mass is 10.2. The van der Waals surface area contributed by atoms with E-state index in [1.807, 2.05) is 0 Å². The Bertz CT molecular complexity index is 450. The molecule has 16 heavy (non-hydrogen) atoms. The van der Waals surface area contributed by atoms with Crippen LogP contribution in [0.4, 0.5) is 5.69 Å². The summed E-state index contributed by atoms with van der Waals surface area (Å²) in [4.78, 5) is 26.3. The molecule has 0 spiro atoms. The third kappa shape index (κ3) is 3.06. The topological polar surface area (TPSA) is 94.9 Å². The van der Waals surface area contributed by atoms with Crippen molar-refractivity contribution in [3.63, 3.8) is 0 Å². The first-order valence-corrected chi connectivity index (χ1v) is 4.52. The quantitative estimate of drug-likeness (QED) is 0.538. The van der Waals surface area contributed by atoms with Crippen LogP contribution >= 0.6 is 0 Å². The third-order valence-electron chi connectivity index (χ3n) is 1.82. The molecule has 2 amide bonds. The lowest BCUT2D eigenvalue weighted by Crippen LogP contribution is -2.35. The second-order valence-corrected chi connectivity index (χ2v) is 2.99. The van der Waals surface area contributed by atoms with Crippen LogP contribution in [0, 0.1) is 18.3 Å². The highest BCUT2D eigenvalue weighted by molar-refractivity contribution is 6.39. The molecular weight excluding hydrogens is 208 g/mol. The Morgan fingerprint density at radius 1 is 1.50 bits per heavy atom. The van der Waals surface area contributed by atoms with Gasteiger partial charge in [0.05, 0.1) is 18.0 Å². The fraction of sp³-hybridized carbons (Fsp3) is 0.200. The van der Waals surface area contributed by atoms with E-state index in [1.54, 1.807) is 25.3 Å². The van der Waals surface area contributed by atoms with Crippen LogP contribution in [0.15, 0.2) is 18.5 Å². The van der Waals surface area contributed by atoms with Crippen molar-refractivity contribution < 1.29 is 9.59 Å².